The van der Waals surface area contributed by atoms with Gasteiger partial charge in [-0.3, -0.25) is 15.0 Å². The summed E-state index contributed by atoms with van der Waals surface area (Å²) in [6.07, 6.45) is 1.96. The standard InChI is InChI=1S/C13H17N3O2/c14-15-12(17)7-3-4-8-16-9-10-5-1-2-6-11(10)13(16)18/h1-2,5-6H,3-4,7-9,14H2,(H,15,17). The Kier molecular flexibility index (Phi) is 3.94. The van der Waals surface area contributed by atoms with Crippen molar-refractivity contribution >= 4 is 11.8 Å². The quantitative estimate of drug-likeness (QED) is 0.350. The minimum atomic E-state index is -0.161. The summed E-state index contributed by atoms with van der Waals surface area (Å²) in [5.74, 6) is 4.92. The average molecular weight is 247 g/mol. The number of nitrogens with one attached hydrogen (secondary N) is 1. The highest BCUT2D eigenvalue weighted by Gasteiger charge is 2.25. The first-order valence-corrected chi connectivity index (χ1v) is 6.09. The lowest BCUT2D eigenvalue weighted by Gasteiger charge is -2.14. The van der Waals surface area contributed by atoms with Gasteiger partial charge in [-0.25, -0.2) is 5.84 Å². The van der Waals surface area contributed by atoms with Crippen LogP contribution in [0.25, 0.3) is 0 Å². The molecule has 0 atom stereocenters. The molecule has 5 heteroatoms. The third kappa shape index (κ3) is 2.68. The van der Waals surface area contributed by atoms with Crippen LogP contribution in [0.15, 0.2) is 24.3 Å². The molecule has 2 amide bonds. The zero-order valence-corrected chi connectivity index (χ0v) is 10.2. The van der Waals surface area contributed by atoms with Crippen LogP contribution in [-0.4, -0.2) is 23.3 Å². The van der Waals surface area contributed by atoms with E-state index in [4.69, 9.17) is 5.84 Å². The number of benzene rings is 1. The van der Waals surface area contributed by atoms with Crippen molar-refractivity contribution in [3.05, 3.63) is 35.4 Å². The molecule has 0 saturated carbocycles. The summed E-state index contributed by atoms with van der Waals surface area (Å²) >= 11 is 0. The van der Waals surface area contributed by atoms with Crippen LogP contribution in [0.5, 0.6) is 0 Å². The predicted molar refractivity (Wildman–Crippen MR) is 67.4 cm³/mol. The molecule has 1 aliphatic rings. The van der Waals surface area contributed by atoms with Gasteiger partial charge in [0.2, 0.25) is 5.91 Å². The number of amides is 2. The van der Waals surface area contributed by atoms with Gasteiger partial charge in [0.1, 0.15) is 0 Å². The van der Waals surface area contributed by atoms with Crippen molar-refractivity contribution in [3.8, 4) is 0 Å². The summed E-state index contributed by atoms with van der Waals surface area (Å²) < 4.78 is 0. The molecule has 5 nitrogen and oxygen atoms in total. The minimum Gasteiger partial charge on any atom is -0.334 e. The SMILES string of the molecule is NNC(=O)CCCCN1Cc2ccccc2C1=O. The molecular formula is C13H17N3O2. The Hall–Kier alpha value is -1.88. The van der Waals surface area contributed by atoms with E-state index in [1.165, 1.54) is 0 Å². The van der Waals surface area contributed by atoms with E-state index in [1.54, 1.807) is 0 Å². The maximum atomic E-state index is 12.0. The van der Waals surface area contributed by atoms with Crippen LogP contribution >= 0.6 is 0 Å². The van der Waals surface area contributed by atoms with Crippen molar-refractivity contribution in [1.29, 1.82) is 0 Å². The second-order valence-corrected chi connectivity index (χ2v) is 4.41. The largest absolute Gasteiger partial charge is 0.334 e. The Labute approximate surface area is 106 Å². The Balaban J connectivity index is 1.80. The first-order chi connectivity index (χ1) is 8.72. The van der Waals surface area contributed by atoms with Gasteiger partial charge in [-0.1, -0.05) is 18.2 Å². The van der Waals surface area contributed by atoms with Crippen molar-refractivity contribution in [2.45, 2.75) is 25.8 Å². The maximum absolute atomic E-state index is 12.0. The normalized spacial score (nSPS) is 13.6. The summed E-state index contributed by atoms with van der Waals surface area (Å²) in [5, 5.41) is 0. The van der Waals surface area contributed by atoms with Crippen molar-refractivity contribution in [1.82, 2.24) is 10.3 Å². The molecule has 0 aliphatic carbocycles. The van der Waals surface area contributed by atoms with Crippen LogP contribution in [0.2, 0.25) is 0 Å². The van der Waals surface area contributed by atoms with Gasteiger partial charge >= 0.3 is 0 Å². The van der Waals surface area contributed by atoms with Crippen LogP contribution in [0.1, 0.15) is 35.2 Å². The van der Waals surface area contributed by atoms with Gasteiger partial charge in [0.15, 0.2) is 0 Å². The molecule has 1 aromatic rings. The fraction of sp³-hybridized carbons (Fsp3) is 0.385. The number of nitrogens with zero attached hydrogens (tertiary/aromatic N) is 1. The number of nitrogens with two attached hydrogens (primary N) is 1. The molecule has 18 heavy (non-hydrogen) atoms. The molecule has 0 saturated heterocycles. The first kappa shape index (κ1) is 12.6. The topological polar surface area (TPSA) is 75.4 Å². The van der Waals surface area contributed by atoms with Crippen molar-refractivity contribution in [2.75, 3.05) is 6.54 Å². The van der Waals surface area contributed by atoms with Gasteiger partial charge in [-0.2, -0.15) is 0 Å². The van der Waals surface area contributed by atoms with E-state index in [1.807, 2.05) is 29.2 Å². The number of hydrogen-bond acceptors (Lipinski definition) is 3. The molecule has 96 valence electrons. The zero-order valence-electron chi connectivity index (χ0n) is 10.2. The third-order valence-corrected chi connectivity index (χ3v) is 3.14. The minimum absolute atomic E-state index is 0.0916. The highest BCUT2D eigenvalue weighted by molar-refractivity contribution is 5.98. The number of hydrogen-bond donors (Lipinski definition) is 2. The fourth-order valence-electron chi connectivity index (χ4n) is 2.16. The molecule has 0 fully saturated rings. The van der Waals surface area contributed by atoms with Crippen LogP contribution in [0, 0.1) is 0 Å². The molecule has 0 spiro atoms. The van der Waals surface area contributed by atoms with Crippen molar-refractivity contribution in [3.63, 3.8) is 0 Å². The lowest BCUT2D eigenvalue weighted by atomic mass is 10.1. The molecule has 1 heterocycles. The molecule has 0 bridgehead atoms. The second-order valence-electron chi connectivity index (χ2n) is 4.41. The number of fused-ring (bicyclic) bond motifs is 1. The summed E-state index contributed by atoms with van der Waals surface area (Å²) in [6.45, 7) is 1.36. The Morgan fingerprint density at radius 2 is 2.11 bits per heavy atom. The summed E-state index contributed by atoms with van der Waals surface area (Å²) in [6, 6.07) is 7.67. The van der Waals surface area contributed by atoms with Crippen molar-refractivity contribution < 1.29 is 9.59 Å². The molecule has 2 rings (SSSR count). The van der Waals surface area contributed by atoms with Gasteiger partial charge in [0.05, 0.1) is 0 Å². The molecule has 0 radical (unpaired) electrons. The molecular weight excluding hydrogens is 230 g/mol. The van der Waals surface area contributed by atoms with Crippen LogP contribution < -0.4 is 11.3 Å². The zero-order chi connectivity index (χ0) is 13.0. The van der Waals surface area contributed by atoms with Crippen LogP contribution in [0.4, 0.5) is 0 Å². The van der Waals surface area contributed by atoms with E-state index >= 15 is 0 Å². The summed E-state index contributed by atoms with van der Waals surface area (Å²) in [7, 11) is 0. The van der Waals surface area contributed by atoms with Crippen LogP contribution in [-0.2, 0) is 11.3 Å². The van der Waals surface area contributed by atoms with Crippen molar-refractivity contribution in [2.24, 2.45) is 5.84 Å². The molecule has 0 unspecified atom stereocenters. The lowest BCUT2D eigenvalue weighted by Crippen LogP contribution is -2.30. The predicted octanol–water partition coefficient (Wildman–Crippen LogP) is 0.803. The maximum Gasteiger partial charge on any atom is 0.254 e. The van der Waals surface area contributed by atoms with E-state index in [0.29, 0.717) is 19.5 Å². The second kappa shape index (κ2) is 5.64. The Morgan fingerprint density at radius 1 is 1.33 bits per heavy atom. The molecule has 1 aromatic carbocycles. The summed E-state index contributed by atoms with van der Waals surface area (Å²) in [5.41, 5.74) is 3.99. The van der Waals surface area contributed by atoms with E-state index < -0.39 is 0 Å². The Bertz CT molecular complexity index is 459. The van der Waals surface area contributed by atoms with E-state index in [2.05, 4.69) is 5.43 Å². The van der Waals surface area contributed by atoms with E-state index in [0.717, 1.165) is 24.0 Å². The molecule has 1 aliphatic heterocycles. The smallest absolute Gasteiger partial charge is 0.254 e. The average Bonchev–Trinajstić information content (AvgIpc) is 2.72. The highest BCUT2D eigenvalue weighted by atomic mass is 16.2. The van der Waals surface area contributed by atoms with Gasteiger partial charge in [-0.05, 0) is 24.5 Å². The monoisotopic (exact) mass is 247 g/mol. The molecule has 3 N–H and O–H groups in total. The van der Waals surface area contributed by atoms with Gasteiger partial charge in [0.25, 0.3) is 5.91 Å². The highest BCUT2D eigenvalue weighted by Crippen LogP contribution is 2.22. The third-order valence-electron chi connectivity index (χ3n) is 3.14. The van der Waals surface area contributed by atoms with Gasteiger partial charge in [0, 0.05) is 25.1 Å². The van der Waals surface area contributed by atoms with Crippen LogP contribution in [0.3, 0.4) is 0 Å². The van der Waals surface area contributed by atoms with E-state index in [9.17, 15) is 9.59 Å². The van der Waals surface area contributed by atoms with Gasteiger partial charge < -0.3 is 4.90 Å². The summed E-state index contributed by atoms with van der Waals surface area (Å²) in [4.78, 5) is 24.8. The fourth-order valence-corrected chi connectivity index (χ4v) is 2.16. The number of carbonyl (C=O) groups is 2. The number of carbonyl (C=O) groups excluding carboxylic acids is 2. The number of unbranched alkanes of at least 4 members (excludes halogenated alkanes) is 1. The van der Waals surface area contributed by atoms with E-state index in [-0.39, 0.29) is 11.8 Å². The lowest BCUT2D eigenvalue weighted by molar-refractivity contribution is -0.121. The van der Waals surface area contributed by atoms with Gasteiger partial charge in [-0.15, -0.1) is 0 Å². The molecule has 0 aromatic heterocycles. The Morgan fingerprint density at radius 3 is 2.83 bits per heavy atom. The first-order valence-electron chi connectivity index (χ1n) is 6.09. The number of rotatable bonds is 5. The number of hydrazine groups is 1.